The van der Waals surface area contributed by atoms with E-state index in [1.807, 2.05) is 24.3 Å². The fourth-order valence-electron chi connectivity index (χ4n) is 3.93. The first-order valence-electron chi connectivity index (χ1n) is 9.76. The number of rotatable bonds is 4. The SMILES string of the molecule is COc1cc2c(cc1NC(=O)C(C)N1C(=O)c3ccccc3C1=O)oc1ccccc12. The molecule has 2 heterocycles. The van der Waals surface area contributed by atoms with Crippen molar-refractivity contribution in [3.05, 3.63) is 71.8 Å². The van der Waals surface area contributed by atoms with Crippen LogP contribution in [0.1, 0.15) is 27.6 Å². The lowest BCUT2D eigenvalue weighted by Gasteiger charge is -2.22. The average Bonchev–Trinajstić information content (AvgIpc) is 3.27. The maximum atomic E-state index is 13.0. The van der Waals surface area contributed by atoms with Gasteiger partial charge >= 0.3 is 0 Å². The number of fused-ring (bicyclic) bond motifs is 4. The minimum absolute atomic E-state index is 0.299. The van der Waals surface area contributed by atoms with Crippen LogP contribution in [0, 0.1) is 0 Å². The van der Waals surface area contributed by atoms with Crippen LogP contribution in [-0.2, 0) is 4.79 Å². The van der Waals surface area contributed by atoms with Gasteiger partial charge in [-0.1, -0.05) is 30.3 Å². The van der Waals surface area contributed by atoms with Crippen molar-refractivity contribution in [3.63, 3.8) is 0 Å². The largest absolute Gasteiger partial charge is 0.495 e. The summed E-state index contributed by atoms with van der Waals surface area (Å²) in [5.41, 5.74) is 2.30. The molecule has 7 nitrogen and oxygen atoms in total. The molecule has 1 aliphatic rings. The van der Waals surface area contributed by atoms with Gasteiger partial charge < -0.3 is 14.5 Å². The minimum atomic E-state index is -1.01. The number of methoxy groups -OCH3 is 1. The molecule has 4 aromatic rings. The maximum Gasteiger partial charge on any atom is 0.262 e. The molecular weight excluding hydrogens is 396 g/mol. The maximum absolute atomic E-state index is 13.0. The van der Waals surface area contributed by atoms with Gasteiger partial charge in [-0.15, -0.1) is 0 Å². The number of furan rings is 1. The molecule has 0 saturated heterocycles. The van der Waals surface area contributed by atoms with Crippen LogP contribution in [0.15, 0.2) is 65.1 Å². The highest BCUT2D eigenvalue weighted by atomic mass is 16.5. The molecule has 0 spiro atoms. The molecule has 3 amide bonds. The molecule has 1 aromatic heterocycles. The smallest absolute Gasteiger partial charge is 0.262 e. The molecule has 0 aliphatic carbocycles. The van der Waals surface area contributed by atoms with Crippen molar-refractivity contribution in [1.82, 2.24) is 4.90 Å². The predicted octanol–water partition coefficient (Wildman–Crippen LogP) is 4.22. The van der Waals surface area contributed by atoms with Gasteiger partial charge in [0.2, 0.25) is 5.91 Å². The molecule has 0 fully saturated rings. The summed E-state index contributed by atoms with van der Waals surface area (Å²) >= 11 is 0. The molecule has 0 bridgehead atoms. The Bertz CT molecular complexity index is 1350. The van der Waals surface area contributed by atoms with E-state index in [9.17, 15) is 14.4 Å². The molecule has 1 N–H and O–H groups in total. The topological polar surface area (TPSA) is 88.9 Å². The van der Waals surface area contributed by atoms with Crippen molar-refractivity contribution >= 4 is 45.3 Å². The van der Waals surface area contributed by atoms with E-state index in [1.54, 1.807) is 36.4 Å². The lowest BCUT2D eigenvalue weighted by Crippen LogP contribution is -2.45. The number of carbonyl (C=O) groups excluding carboxylic acids is 3. The molecule has 1 aliphatic heterocycles. The van der Waals surface area contributed by atoms with Crippen LogP contribution in [0.5, 0.6) is 5.75 Å². The summed E-state index contributed by atoms with van der Waals surface area (Å²) in [5.74, 6) is -1.03. The molecule has 0 saturated carbocycles. The molecule has 154 valence electrons. The fraction of sp³-hybridized carbons (Fsp3) is 0.125. The summed E-state index contributed by atoms with van der Waals surface area (Å²) in [6.07, 6.45) is 0. The Morgan fingerprint density at radius 1 is 0.935 bits per heavy atom. The zero-order valence-electron chi connectivity index (χ0n) is 16.8. The van der Waals surface area contributed by atoms with E-state index in [1.165, 1.54) is 14.0 Å². The molecule has 1 atom stereocenters. The van der Waals surface area contributed by atoms with Crippen molar-refractivity contribution in [2.24, 2.45) is 0 Å². The normalized spacial score (nSPS) is 14.2. The first kappa shape index (κ1) is 18.9. The van der Waals surface area contributed by atoms with E-state index >= 15 is 0 Å². The van der Waals surface area contributed by atoms with Gasteiger partial charge in [-0.25, -0.2) is 0 Å². The van der Waals surface area contributed by atoms with Gasteiger partial charge in [0.25, 0.3) is 11.8 Å². The van der Waals surface area contributed by atoms with Crippen molar-refractivity contribution in [3.8, 4) is 5.75 Å². The Hall–Kier alpha value is -4.13. The van der Waals surface area contributed by atoms with E-state index in [0.29, 0.717) is 28.1 Å². The number of benzene rings is 3. The van der Waals surface area contributed by atoms with Crippen molar-refractivity contribution in [2.45, 2.75) is 13.0 Å². The average molecular weight is 414 g/mol. The van der Waals surface area contributed by atoms with Gasteiger partial charge in [-0.3, -0.25) is 19.3 Å². The van der Waals surface area contributed by atoms with Crippen molar-refractivity contribution in [1.29, 1.82) is 0 Å². The van der Waals surface area contributed by atoms with E-state index in [0.717, 1.165) is 21.3 Å². The summed E-state index contributed by atoms with van der Waals surface area (Å²) in [6, 6.07) is 16.6. The molecular formula is C24H18N2O5. The number of para-hydroxylation sites is 1. The minimum Gasteiger partial charge on any atom is -0.495 e. The third-order valence-corrected chi connectivity index (χ3v) is 5.55. The summed E-state index contributed by atoms with van der Waals surface area (Å²) in [5, 5.41) is 4.57. The van der Waals surface area contributed by atoms with Crippen LogP contribution < -0.4 is 10.1 Å². The van der Waals surface area contributed by atoms with Gasteiger partial charge in [0.05, 0.1) is 23.9 Å². The predicted molar refractivity (Wildman–Crippen MR) is 115 cm³/mol. The second-order valence-electron chi connectivity index (χ2n) is 7.34. The second-order valence-corrected chi connectivity index (χ2v) is 7.34. The van der Waals surface area contributed by atoms with Crippen LogP contribution in [0.4, 0.5) is 5.69 Å². The number of ether oxygens (including phenoxy) is 1. The van der Waals surface area contributed by atoms with Gasteiger partial charge in [-0.2, -0.15) is 0 Å². The van der Waals surface area contributed by atoms with E-state index < -0.39 is 23.8 Å². The summed E-state index contributed by atoms with van der Waals surface area (Å²) < 4.78 is 11.4. The standard InChI is InChI=1S/C24H18N2O5/c1-13(26-23(28)15-8-3-4-9-16(15)24(26)29)22(27)25-18-12-20-17(11-21(18)30-2)14-7-5-6-10-19(14)31-20/h3-13H,1-2H3,(H,25,27). The Morgan fingerprint density at radius 3 is 2.26 bits per heavy atom. The zero-order chi connectivity index (χ0) is 21.7. The number of imide groups is 1. The van der Waals surface area contributed by atoms with Gasteiger partial charge in [-0.05, 0) is 31.2 Å². The van der Waals surface area contributed by atoms with Gasteiger partial charge in [0, 0.05) is 16.8 Å². The number of nitrogens with zero attached hydrogens (tertiary/aromatic N) is 1. The number of anilines is 1. The van der Waals surface area contributed by atoms with Gasteiger partial charge in [0.1, 0.15) is 23.0 Å². The third-order valence-electron chi connectivity index (χ3n) is 5.55. The first-order valence-corrected chi connectivity index (χ1v) is 9.76. The highest BCUT2D eigenvalue weighted by Crippen LogP contribution is 2.36. The second kappa shape index (κ2) is 6.98. The molecule has 0 radical (unpaired) electrons. The summed E-state index contributed by atoms with van der Waals surface area (Å²) in [7, 11) is 1.51. The van der Waals surface area contributed by atoms with Crippen LogP contribution in [0.2, 0.25) is 0 Å². The number of carbonyl (C=O) groups is 3. The summed E-state index contributed by atoms with van der Waals surface area (Å²) in [6.45, 7) is 1.52. The Balaban J connectivity index is 1.47. The Morgan fingerprint density at radius 2 is 1.58 bits per heavy atom. The highest BCUT2D eigenvalue weighted by Gasteiger charge is 2.40. The molecule has 5 rings (SSSR count). The van der Waals surface area contributed by atoms with Crippen LogP contribution >= 0.6 is 0 Å². The molecule has 1 unspecified atom stereocenters. The van der Waals surface area contributed by atoms with E-state index in [-0.39, 0.29) is 0 Å². The molecule has 3 aromatic carbocycles. The fourth-order valence-corrected chi connectivity index (χ4v) is 3.93. The Kier molecular flexibility index (Phi) is 4.25. The quantitative estimate of drug-likeness (QED) is 0.505. The monoisotopic (exact) mass is 414 g/mol. The van der Waals surface area contributed by atoms with E-state index in [4.69, 9.17) is 9.15 Å². The number of nitrogens with one attached hydrogen (secondary N) is 1. The molecule has 7 heteroatoms. The first-order chi connectivity index (χ1) is 15.0. The van der Waals surface area contributed by atoms with Crippen molar-refractivity contribution < 1.29 is 23.5 Å². The highest BCUT2D eigenvalue weighted by molar-refractivity contribution is 6.23. The van der Waals surface area contributed by atoms with Crippen molar-refractivity contribution in [2.75, 3.05) is 12.4 Å². The lowest BCUT2D eigenvalue weighted by molar-refractivity contribution is -0.119. The Labute approximate surface area is 177 Å². The van der Waals surface area contributed by atoms with E-state index in [2.05, 4.69) is 5.32 Å². The third kappa shape index (κ3) is 2.85. The molecule has 31 heavy (non-hydrogen) atoms. The zero-order valence-corrected chi connectivity index (χ0v) is 16.8. The summed E-state index contributed by atoms with van der Waals surface area (Å²) in [4.78, 5) is 39.3. The van der Waals surface area contributed by atoms with Gasteiger partial charge in [0.15, 0.2) is 0 Å². The van der Waals surface area contributed by atoms with Crippen LogP contribution in [-0.4, -0.2) is 35.8 Å². The number of amides is 3. The van der Waals surface area contributed by atoms with Crippen LogP contribution in [0.3, 0.4) is 0 Å². The van der Waals surface area contributed by atoms with Crippen LogP contribution in [0.25, 0.3) is 21.9 Å². The number of hydrogen-bond donors (Lipinski definition) is 1. The number of hydrogen-bond acceptors (Lipinski definition) is 5. The lowest BCUT2D eigenvalue weighted by atomic mass is 10.1.